The molecular formula is C24H22F3N5O2. The van der Waals surface area contributed by atoms with E-state index in [-0.39, 0.29) is 58.6 Å². The number of nitrogens with two attached hydrogens (primary N) is 2. The maximum Gasteiger partial charge on any atom is 0.252 e. The quantitative estimate of drug-likeness (QED) is 0.536. The summed E-state index contributed by atoms with van der Waals surface area (Å²) in [5.41, 5.74) is 11.1. The number of anilines is 1. The number of ether oxygens (including phenoxy) is 1. The van der Waals surface area contributed by atoms with Gasteiger partial charge in [0.05, 0.1) is 18.2 Å². The predicted molar refractivity (Wildman–Crippen MR) is 118 cm³/mol. The number of amides is 1. The number of hydrogen-bond acceptors (Lipinski definition) is 5. The number of benzene rings is 2. The van der Waals surface area contributed by atoms with Crippen molar-refractivity contribution in [1.29, 1.82) is 5.26 Å². The summed E-state index contributed by atoms with van der Waals surface area (Å²) >= 11 is 0. The Morgan fingerprint density at radius 1 is 1.18 bits per heavy atom. The van der Waals surface area contributed by atoms with Crippen molar-refractivity contribution in [3.8, 4) is 23.1 Å². The fraction of sp³-hybridized carbons (Fsp3) is 0.292. The minimum absolute atomic E-state index is 0.00325. The Balaban J connectivity index is 1.56. The summed E-state index contributed by atoms with van der Waals surface area (Å²) in [4.78, 5) is 11.5. The lowest BCUT2D eigenvalue weighted by atomic mass is 10.0. The van der Waals surface area contributed by atoms with Crippen LogP contribution >= 0.6 is 0 Å². The van der Waals surface area contributed by atoms with Crippen LogP contribution < -0.4 is 16.2 Å². The summed E-state index contributed by atoms with van der Waals surface area (Å²) in [6, 6.07) is 7.99. The Hall–Kier alpha value is -4.00. The summed E-state index contributed by atoms with van der Waals surface area (Å²) in [7, 11) is 0. The lowest BCUT2D eigenvalue weighted by molar-refractivity contribution is 0.0996. The second-order valence-electron chi connectivity index (χ2n) is 8.11. The van der Waals surface area contributed by atoms with Gasteiger partial charge in [-0.3, -0.25) is 4.79 Å². The second-order valence-corrected chi connectivity index (χ2v) is 8.11. The van der Waals surface area contributed by atoms with Crippen LogP contribution in [-0.4, -0.2) is 22.3 Å². The van der Waals surface area contributed by atoms with Gasteiger partial charge in [0, 0.05) is 12.0 Å². The van der Waals surface area contributed by atoms with Crippen molar-refractivity contribution in [2.45, 2.75) is 38.1 Å². The van der Waals surface area contributed by atoms with Crippen LogP contribution in [0.15, 0.2) is 30.3 Å². The zero-order chi connectivity index (χ0) is 24.4. The Kier molecular flexibility index (Phi) is 6.45. The van der Waals surface area contributed by atoms with Gasteiger partial charge in [-0.15, -0.1) is 0 Å². The number of halogens is 3. The zero-order valence-corrected chi connectivity index (χ0v) is 18.2. The highest BCUT2D eigenvalue weighted by Crippen LogP contribution is 2.36. The van der Waals surface area contributed by atoms with E-state index >= 15 is 4.39 Å². The van der Waals surface area contributed by atoms with Gasteiger partial charge in [0.25, 0.3) is 5.91 Å². The average molecular weight is 469 g/mol. The highest BCUT2D eigenvalue weighted by molar-refractivity contribution is 5.95. The molecule has 2 aromatic carbocycles. The topological polar surface area (TPSA) is 120 Å². The van der Waals surface area contributed by atoms with Crippen molar-refractivity contribution in [2.75, 3.05) is 12.3 Å². The fourth-order valence-corrected chi connectivity index (χ4v) is 4.23. The van der Waals surface area contributed by atoms with Gasteiger partial charge in [-0.1, -0.05) is 18.9 Å². The molecule has 176 valence electrons. The molecule has 1 aromatic heterocycles. The SMILES string of the molecule is N#Cc1c(-c2ccc(CCOc3ccc(F)cc3C(N)=O)c(F)c2F)nn(C2CCCC2)c1N. The normalized spacial score (nSPS) is 13.7. The summed E-state index contributed by atoms with van der Waals surface area (Å²) in [6.45, 7) is -0.117. The number of aromatic nitrogens is 2. The van der Waals surface area contributed by atoms with Gasteiger partial charge in [-0.05, 0) is 42.7 Å². The van der Waals surface area contributed by atoms with E-state index in [1.165, 1.54) is 18.2 Å². The minimum Gasteiger partial charge on any atom is -0.492 e. The fourth-order valence-electron chi connectivity index (χ4n) is 4.23. The zero-order valence-electron chi connectivity index (χ0n) is 18.2. The molecule has 1 heterocycles. The molecule has 7 nitrogen and oxygen atoms in total. The first-order chi connectivity index (χ1) is 16.3. The molecule has 0 aliphatic heterocycles. The maximum atomic E-state index is 15.0. The molecular weight excluding hydrogens is 447 g/mol. The lowest BCUT2D eigenvalue weighted by Crippen LogP contribution is -2.14. The van der Waals surface area contributed by atoms with Gasteiger partial charge in [0.2, 0.25) is 0 Å². The maximum absolute atomic E-state index is 15.0. The number of carbonyl (C=O) groups is 1. The minimum atomic E-state index is -1.15. The highest BCUT2D eigenvalue weighted by Gasteiger charge is 2.27. The van der Waals surface area contributed by atoms with Gasteiger partial charge in [0.1, 0.15) is 34.7 Å². The summed E-state index contributed by atoms with van der Waals surface area (Å²) < 4.78 is 50.2. The molecule has 34 heavy (non-hydrogen) atoms. The molecule has 1 saturated carbocycles. The largest absolute Gasteiger partial charge is 0.492 e. The third-order valence-corrected chi connectivity index (χ3v) is 5.98. The Morgan fingerprint density at radius 2 is 1.91 bits per heavy atom. The number of nitrogens with zero attached hydrogens (tertiary/aromatic N) is 3. The molecule has 4 rings (SSSR count). The van der Waals surface area contributed by atoms with E-state index in [4.69, 9.17) is 16.2 Å². The molecule has 0 bridgehead atoms. The van der Waals surface area contributed by atoms with E-state index in [1.807, 2.05) is 6.07 Å². The van der Waals surface area contributed by atoms with Gasteiger partial charge >= 0.3 is 0 Å². The van der Waals surface area contributed by atoms with Crippen LogP contribution in [-0.2, 0) is 6.42 Å². The number of carbonyl (C=O) groups excluding carboxylic acids is 1. The molecule has 0 atom stereocenters. The molecule has 10 heteroatoms. The van der Waals surface area contributed by atoms with Crippen LogP contribution in [0.2, 0.25) is 0 Å². The van der Waals surface area contributed by atoms with Crippen LogP contribution in [0.4, 0.5) is 19.0 Å². The first kappa shape index (κ1) is 23.2. The van der Waals surface area contributed by atoms with Crippen molar-refractivity contribution < 1.29 is 22.7 Å². The van der Waals surface area contributed by atoms with Crippen LogP contribution in [0.25, 0.3) is 11.3 Å². The van der Waals surface area contributed by atoms with Crippen molar-refractivity contribution >= 4 is 11.7 Å². The third kappa shape index (κ3) is 4.29. The standard InChI is InChI=1S/C24H22F3N5O2/c25-14-6-8-19(17(11-14)24(30)33)34-10-9-13-5-7-16(21(27)20(13)26)22-18(12-28)23(29)32(31-22)15-3-1-2-4-15/h5-8,11,15H,1-4,9-10,29H2,(H2,30,33). The molecule has 1 aliphatic carbocycles. The Labute approximate surface area is 193 Å². The van der Waals surface area contributed by atoms with Crippen LogP contribution in [0, 0.1) is 28.8 Å². The van der Waals surface area contributed by atoms with Crippen LogP contribution in [0.5, 0.6) is 5.75 Å². The predicted octanol–water partition coefficient (Wildman–Crippen LogP) is 4.26. The molecule has 0 saturated heterocycles. The van der Waals surface area contributed by atoms with Gasteiger partial charge in [0.15, 0.2) is 11.6 Å². The summed E-state index contributed by atoms with van der Waals surface area (Å²) in [5, 5.41) is 13.9. The highest BCUT2D eigenvalue weighted by atomic mass is 19.2. The number of rotatable bonds is 7. The van der Waals surface area contributed by atoms with Gasteiger partial charge < -0.3 is 16.2 Å². The molecule has 1 amide bonds. The molecule has 0 unspecified atom stereocenters. The molecule has 0 radical (unpaired) electrons. The molecule has 1 aliphatic rings. The number of primary amides is 1. The molecule has 3 aromatic rings. The number of nitrogen functional groups attached to an aromatic ring is 1. The summed E-state index contributed by atoms with van der Waals surface area (Å²) in [6.07, 6.45) is 3.71. The third-order valence-electron chi connectivity index (χ3n) is 5.98. The first-order valence-corrected chi connectivity index (χ1v) is 10.8. The van der Waals surface area contributed by atoms with Crippen LogP contribution in [0.3, 0.4) is 0 Å². The molecule has 4 N–H and O–H groups in total. The summed E-state index contributed by atoms with van der Waals surface area (Å²) in [5.74, 6) is -3.60. The number of hydrogen-bond donors (Lipinski definition) is 2. The van der Waals surface area contributed by atoms with E-state index in [0.717, 1.165) is 37.8 Å². The van der Waals surface area contributed by atoms with Crippen molar-refractivity contribution in [3.63, 3.8) is 0 Å². The molecule has 0 spiro atoms. The van der Waals surface area contributed by atoms with E-state index < -0.39 is 23.4 Å². The monoisotopic (exact) mass is 469 g/mol. The second kappa shape index (κ2) is 9.47. The van der Waals surface area contributed by atoms with E-state index in [2.05, 4.69) is 5.10 Å². The van der Waals surface area contributed by atoms with Crippen LogP contribution in [0.1, 0.15) is 53.2 Å². The van der Waals surface area contributed by atoms with Crippen molar-refractivity contribution in [3.05, 3.63) is 64.5 Å². The molecule has 1 fully saturated rings. The number of nitriles is 1. The Morgan fingerprint density at radius 3 is 2.59 bits per heavy atom. The van der Waals surface area contributed by atoms with Crippen molar-refractivity contribution in [2.24, 2.45) is 5.73 Å². The average Bonchev–Trinajstić information content (AvgIpc) is 3.45. The van der Waals surface area contributed by atoms with E-state index in [1.54, 1.807) is 4.68 Å². The van der Waals surface area contributed by atoms with E-state index in [9.17, 15) is 18.8 Å². The lowest BCUT2D eigenvalue weighted by Gasteiger charge is -2.12. The Bertz CT molecular complexity index is 1290. The first-order valence-electron chi connectivity index (χ1n) is 10.8. The van der Waals surface area contributed by atoms with E-state index in [0.29, 0.717) is 0 Å². The van der Waals surface area contributed by atoms with Gasteiger partial charge in [-0.25, -0.2) is 17.9 Å². The van der Waals surface area contributed by atoms with Gasteiger partial charge in [-0.2, -0.15) is 10.4 Å². The van der Waals surface area contributed by atoms with Crippen molar-refractivity contribution in [1.82, 2.24) is 9.78 Å². The smallest absolute Gasteiger partial charge is 0.252 e.